The number of ether oxygens (including phenoxy) is 1. The van der Waals surface area contributed by atoms with E-state index in [4.69, 9.17) is 14.5 Å². The fourth-order valence-corrected chi connectivity index (χ4v) is 1.54. The van der Waals surface area contributed by atoms with E-state index in [1.165, 1.54) is 0 Å². The van der Waals surface area contributed by atoms with Crippen LogP contribution in [0.25, 0.3) is 0 Å². The molecule has 1 heterocycles. The van der Waals surface area contributed by atoms with Gasteiger partial charge in [-0.2, -0.15) is 0 Å². The predicted molar refractivity (Wildman–Crippen MR) is 44.7 cm³/mol. The van der Waals surface area contributed by atoms with E-state index in [-0.39, 0.29) is 0 Å². The van der Waals surface area contributed by atoms with Crippen LogP contribution in [-0.2, 0) is 18.6 Å². The van der Waals surface area contributed by atoms with E-state index in [1.807, 2.05) is 0 Å². The summed E-state index contributed by atoms with van der Waals surface area (Å²) in [5.74, 6) is 0. The third-order valence-corrected chi connectivity index (χ3v) is 2.43. The summed E-state index contributed by atoms with van der Waals surface area (Å²) in [6.07, 6.45) is -4.86. The maximum absolute atomic E-state index is 10.3. The van der Waals surface area contributed by atoms with Crippen LogP contribution in [0, 0.1) is 0 Å². The van der Waals surface area contributed by atoms with E-state index in [2.05, 4.69) is 4.52 Å². The Hall–Kier alpha value is -0.340. The third kappa shape index (κ3) is 3.32. The molecule has 1 aliphatic heterocycles. The molecule has 15 heavy (non-hydrogen) atoms. The molecule has 1 rings (SSSR count). The van der Waals surface area contributed by atoms with Crippen LogP contribution in [0.5, 0.6) is 0 Å². The highest BCUT2D eigenvalue weighted by Gasteiger charge is 2.43. The molecule has 0 spiro atoms. The van der Waals surface area contributed by atoms with Gasteiger partial charge < -0.3 is 29.5 Å². The highest BCUT2D eigenvalue weighted by molar-refractivity contribution is 7.46. The maximum atomic E-state index is 10.3. The summed E-state index contributed by atoms with van der Waals surface area (Å²) in [7, 11) is -4.65. The van der Waals surface area contributed by atoms with E-state index in [0.717, 1.165) is 0 Å². The van der Waals surface area contributed by atoms with E-state index in [0.29, 0.717) is 6.29 Å². The molecule has 0 aliphatic carbocycles. The molecule has 1 unspecified atom stereocenters. The van der Waals surface area contributed by atoms with Crippen molar-refractivity contribution in [3.63, 3.8) is 0 Å². The molecule has 0 aromatic carbocycles. The van der Waals surface area contributed by atoms with Gasteiger partial charge in [-0.15, -0.1) is 0 Å². The van der Waals surface area contributed by atoms with Crippen molar-refractivity contribution < 1.29 is 38.6 Å². The van der Waals surface area contributed by atoms with Crippen LogP contribution in [0.1, 0.15) is 0 Å². The minimum atomic E-state index is -4.65. The molecule has 0 aromatic heterocycles. The summed E-state index contributed by atoms with van der Waals surface area (Å²) in [6.45, 7) is -0.604. The molecule has 1 aliphatic rings. The largest absolute Gasteiger partial charge is 0.469 e. The van der Waals surface area contributed by atoms with Gasteiger partial charge in [0.15, 0.2) is 6.29 Å². The summed E-state index contributed by atoms with van der Waals surface area (Å²) in [4.78, 5) is 27.1. The average Bonchev–Trinajstić information content (AvgIpc) is 2.40. The molecule has 1 fully saturated rings. The van der Waals surface area contributed by atoms with Crippen LogP contribution in [0.3, 0.4) is 0 Å². The first-order valence-corrected chi connectivity index (χ1v) is 5.55. The number of aliphatic hydroxyl groups excluding tert-OH is 2. The molecule has 0 bridgehead atoms. The normalized spacial score (nSPS) is 36.8. The molecular weight excluding hydrogens is 231 g/mol. The topological polar surface area (TPSA) is 134 Å². The summed E-state index contributed by atoms with van der Waals surface area (Å²) in [5.41, 5.74) is 0. The molecular formula is C6H11O8P. The van der Waals surface area contributed by atoms with Gasteiger partial charge in [-0.25, -0.2) is 4.57 Å². The molecule has 9 heteroatoms. The lowest BCUT2D eigenvalue weighted by molar-refractivity contribution is -0.121. The van der Waals surface area contributed by atoms with Crippen LogP contribution in [0.4, 0.5) is 0 Å². The highest BCUT2D eigenvalue weighted by atomic mass is 31.2. The minimum Gasteiger partial charge on any atom is -0.387 e. The number of hydrogen-bond acceptors (Lipinski definition) is 6. The molecule has 0 radical (unpaired) electrons. The number of aldehydes is 1. The molecule has 0 aromatic rings. The van der Waals surface area contributed by atoms with Crippen molar-refractivity contribution in [1.29, 1.82) is 0 Å². The Kier molecular flexibility index (Phi) is 3.96. The monoisotopic (exact) mass is 242 g/mol. The zero-order chi connectivity index (χ0) is 11.6. The minimum absolute atomic E-state index is 0.297. The Labute approximate surface area is 84.7 Å². The second kappa shape index (κ2) is 4.67. The van der Waals surface area contributed by atoms with Gasteiger partial charge >= 0.3 is 7.82 Å². The van der Waals surface area contributed by atoms with Crippen molar-refractivity contribution in [2.24, 2.45) is 0 Å². The van der Waals surface area contributed by atoms with Crippen molar-refractivity contribution >= 4 is 14.1 Å². The van der Waals surface area contributed by atoms with Gasteiger partial charge in [-0.05, 0) is 0 Å². The van der Waals surface area contributed by atoms with Crippen molar-refractivity contribution in [2.45, 2.75) is 24.4 Å². The Morgan fingerprint density at radius 3 is 2.33 bits per heavy atom. The van der Waals surface area contributed by atoms with Crippen LogP contribution in [0.15, 0.2) is 0 Å². The van der Waals surface area contributed by atoms with E-state index in [9.17, 15) is 19.6 Å². The number of carbonyl (C=O) groups excluding carboxylic acids is 1. The number of carbonyl (C=O) groups is 1. The zero-order valence-electron chi connectivity index (χ0n) is 7.46. The molecule has 4 N–H and O–H groups in total. The number of phosphoric ester groups is 1. The summed E-state index contributed by atoms with van der Waals surface area (Å²) in [6, 6.07) is 0. The molecule has 1 saturated heterocycles. The Morgan fingerprint density at radius 1 is 1.33 bits per heavy atom. The molecule has 88 valence electrons. The first-order valence-electron chi connectivity index (χ1n) is 4.02. The molecule has 0 saturated carbocycles. The van der Waals surface area contributed by atoms with E-state index in [1.54, 1.807) is 0 Å². The van der Waals surface area contributed by atoms with Crippen LogP contribution in [-0.4, -0.2) is 57.3 Å². The van der Waals surface area contributed by atoms with Gasteiger partial charge in [0.2, 0.25) is 0 Å². The zero-order valence-corrected chi connectivity index (χ0v) is 8.36. The van der Waals surface area contributed by atoms with Gasteiger partial charge in [0.05, 0.1) is 6.61 Å². The third-order valence-electron chi connectivity index (χ3n) is 1.94. The van der Waals surface area contributed by atoms with Crippen molar-refractivity contribution in [3.05, 3.63) is 0 Å². The van der Waals surface area contributed by atoms with Gasteiger partial charge in [0, 0.05) is 0 Å². The lowest BCUT2D eigenvalue weighted by atomic mass is 10.1. The standard InChI is InChI=1S/C6H11O8P/c7-1-3-5(8)6(9)4(14-3)2-13-15(10,11)12/h1,3-6,8-9H,2H2,(H2,10,11,12)/t3?,4-,5+,6-/m1/s1. The molecule has 0 amide bonds. The van der Waals surface area contributed by atoms with Crippen LogP contribution in [0.2, 0.25) is 0 Å². The highest BCUT2D eigenvalue weighted by Crippen LogP contribution is 2.37. The molecule has 4 atom stereocenters. The predicted octanol–water partition coefficient (Wildman–Crippen LogP) is -2.22. The van der Waals surface area contributed by atoms with Gasteiger partial charge in [-0.3, -0.25) is 4.52 Å². The van der Waals surface area contributed by atoms with Gasteiger partial charge in [0.25, 0.3) is 0 Å². The number of phosphoric acid groups is 1. The molecule has 8 nitrogen and oxygen atoms in total. The van der Waals surface area contributed by atoms with Crippen molar-refractivity contribution in [3.8, 4) is 0 Å². The maximum Gasteiger partial charge on any atom is 0.469 e. The second-order valence-corrected chi connectivity index (χ2v) is 4.28. The first-order chi connectivity index (χ1) is 6.85. The van der Waals surface area contributed by atoms with Gasteiger partial charge in [-0.1, -0.05) is 0 Å². The summed E-state index contributed by atoms with van der Waals surface area (Å²) in [5, 5.41) is 18.5. The summed E-state index contributed by atoms with van der Waals surface area (Å²) >= 11 is 0. The van der Waals surface area contributed by atoms with Gasteiger partial charge in [0.1, 0.15) is 24.4 Å². The smallest absolute Gasteiger partial charge is 0.387 e. The van der Waals surface area contributed by atoms with E-state index >= 15 is 0 Å². The Balaban J connectivity index is 2.51. The Bertz CT molecular complexity index is 274. The van der Waals surface area contributed by atoms with Crippen LogP contribution >= 0.6 is 7.82 Å². The first kappa shape index (κ1) is 12.7. The van der Waals surface area contributed by atoms with E-state index < -0.39 is 38.8 Å². The van der Waals surface area contributed by atoms with Crippen LogP contribution < -0.4 is 0 Å². The second-order valence-electron chi connectivity index (χ2n) is 3.04. The number of rotatable bonds is 4. The number of aliphatic hydroxyl groups is 2. The summed E-state index contributed by atoms with van der Waals surface area (Å²) < 4.78 is 19.2. The quantitative estimate of drug-likeness (QED) is 0.322. The lowest BCUT2D eigenvalue weighted by Gasteiger charge is -2.14. The number of hydrogen-bond donors (Lipinski definition) is 4. The Morgan fingerprint density at radius 2 is 1.93 bits per heavy atom. The van der Waals surface area contributed by atoms with Crippen molar-refractivity contribution in [2.75, 3.05) is 6.61 Å². The van der Waals surface area contributed by atoms with Crippen molar-refractivity contribution in [1.82, 2.24) is 0 Å². The fourth-order valence-electron chi connectivity index (χ4n) is 1.20. The lowest BCUT2D eigenvalue weighted by Crippen LogP contribution is -2.34. The SMILES string of the molecule is O=CC1O[C@H](COP(=O)(O)O)[C@@H](O)[C@H]1O. The fraction of sp³-hybridized carbons (Fsp3) is 0.833. The average molecular weight is 242 g/mol.